The molecule has 162 valence electrons. The maximum Gasteiger partial charge on any atom is 0.255 e. The number of rotatable bonds is 6. The molecule has 0 aliphatic carbocycles. The molecular formula is C24H27FN4O2. The monoisotopic (exact) mass is 422 g/mol. The van der Waals surface area contributed by atoms with E-state index in [2.05, 4.69) is 20.9 Å². The number of likely N-dealkylation sites (tertiary alicyclic amines) is 1. The van der Waals surface area contributed by atoms with Crippen LogP contribution in [0.5, 0.6) is 0 Å². The molecule has 2 bridgehead atoms. The summed E-state index contributed by atoms with van der Waals surface area (Å²) in [6.07, 6.45) is 7.42. The number of halogens is 1. The summed E-state index contributed by atoms with van der Waals surface area (Å²) in [5, 5.41) is 0. The van der Waals surface area contributed by atoms with Crippen LogP contribution in [0.2, 0.25) is 0 Å². The minimum Gasteiger partial charge on any atom is -0.472 e. The number of hydrogen-bond acceptors (Lipinski definition) is 5. The molecule has 31 heavy (non-hydrogen) atoms. The number of pyridine rings is 2. The third-order valence-corrected chi connectivity index (χ3v) is 6.48. The summed E-state index contributed by atoms with van der Waals surface area (Å²) >= 11 is 0. The van der Waals surface area contributed by atoms with Gasteiger partial charge in [-0.2, -0.15) is 0 Å². The standard InChI is InChI=1S/C24H27FN4O2/c1-27(10-17-5-7-31-16-17)13-20-2-3-23-21-8-18(12-29(23)24(20)30)11-28(15-21)14-19-4-6-26-9-22(19)25/h2-7,9,16,18,21H,8,10-15H2,1H3/t18-,21+/m0/s1. The number of furan rings is 1. The van der Waals surface area contributed by atoms with E-state index >= 15 is 0 Å². The first-order chi connectivity index (χ1) is 15.1. The molecule has 0 N–H and O–H groups in total. The molecule has 2 atom stereocenters. The van der Waals surface area contributed by atoms with Crippen molar-refractivity contribution in [2.24, 2.45) is 5.92 Å². The minimum absolute atomic E-state index is 0.125. The van der Waals surface area contributed by atoms with Gasteiger partial charge in [0.1, 0.15) is 5.82 Å². The first-order valence-corrected chi connectivity index (χ1v) is 10.8. The van der Waals surface area contributed by atoms with Gasteiger partial charge in [-0.1, -0.05) is 6.07 Å². The number of aromatic nitrogens is 2. The Morgan fingerprint density at radius 2 is 2.06 bits per heavy atom. The van der Waals surface area contributed by atoms with E-state index in [0.717, 1.165) is 49.4 Å². The van der Waals surface area contributed by atoms with E-state index in [1.807, 2.05) is 23.7 Å². The van der Waals surface area contributed by atoms with Crippen molar-refractivity contribution >= 4 is 0 Å². The third-order valence-electron chi connectivity index (χ3n) is 6.48. The highest BCUT2D eigenvalue weighted by Gasteiger charge is 2.35. The molecule has 0 saturated carbocycles. The third kappa shape index (κ3) is 4.20. The van der Waals surface area contributed by atoms with E-state index in [4.69, 9.17) is 4.42 Å². The van der Waals surface area contributed by atoms with E-state index in [1.54, 1.807) is 24.8 Å². The van der Waals surface area contributed by atoms with Crippen molar-refractivity contribution in [3.8, 4) is 0 Å². The maximum atomic E-state index is 14.1. The summed E-state index contributed by atoms with van der Waals surface area (Å²) in [6, 6.07) is 7.81. The highest BCUT2D eigenvalue weighted by Crippen LogP contribution is 2.35. The molecular weight excluding hydrogens is 395 g/mol. The fraction of sp³-hybridized carbons (Fsp3) is 0.417. The zero-order valence-corrected chi connectivity index (χ0v) is 17.7. The number of nitrogens with zero attached hydrogens (tertiary/aromatic N) is 4. The Morgan fingerprint density at radius 1 is 1.16 bits per heavy atom. The van der Waals surface area contributed by atoms with Gasteiger partial charge >= 0.3 is 0 Å². The molecule has 7 heteroatoms. The lowest BCUT2D eigenvalue weighted by molar-refractivity contribution is 0.113. The van der Waals surface area contributed by atoms with Crippen molar-refractivity contribution in [2.75, 3.05) is 20.1 Å². The molecule has 0 spiro atoms. The highest BCUT2D eigenvalue weighted by molar-refractivity contribution is 5.23. The van der Waals surface area contributed by atoms with Crippen LogP contribution in [-0.4, -0.2) is 39.5 Å². The van der Waals surface area contributed by atoms with Crippen LogP contribution in [0.15, 0.2) is 58.4 Å². The van der Waals surface area contributed by atoms with Crippen molar-refractivity contribution in [3.05, 3.63) is 87.7 Å². The second kappa shape index (κ2) is 8.40. The Bertz CT molecular complexity index is 1110. The molecule has 0 amide bonds. The van der Waals surface area contributed by atoms with E-state index in [0.29, 0.717) is 30.5 Å². The Labute approximate surface area is 180 Å². The van der Waals surface area contributed by atoms with E-state index in [9.17, 15) is 9.18 Å². The fourth-order valence-corrected chi connectivity index (χ4v) is 5.15. The zero-order chi connectivity index (χ0) is 21.4. The van der Waals surface area contributed by atoms with Crippen molar-refractivity contribution in [3.63, 3.8) is 0 Å². The van der Waals surface area contributed by atoms with Gasteiger partial charge in [-0.25, -0.2) is 4.39 Å². The normalized spacial score (nSPS) is 20.7. The van der Waals surface area contributed by atoms with E-state index in [1.165, 1.54) is 6.20 Å². The number of hydrogen-bond donors (Lipinski definition) is 0. The summed E-state index contributed by atoms with van der Waals surface area (Å²) < 4.78 is 21.2. The zero-order valence-electron chi connectivity index (χ0n) is 17.7. The molecule has 6 nitrogen and oxygen atoms in total. The molecule has 3 aromatic heterocycles. The molecule has 2 aliphatic rings. The topological polar surface area (TPSA) is 54.5 Å². The fourth-order valence-electron chi connectivity index (χ4n) is 5.15. The van der Waals surface area contributed by atoms with Gasteiger partial charge in [0.25, 0.3) is 5.56 Å². The van der Waals surface area contributed by atoms with Crippen LogP contribution in [-0.2, 0) is 26.2 Å². The summed E-state index contributed by atoms with van der Waals surface area (Å²) in [6.45, 7) is 4.39. The van der Waals surface area contributed by atoms with Crippen molar-refractivity contribution in [1.29, 1.82) is 0 Å². The van der Waals surface area contributed by atoms with E-state index in [-0.39, 0.29) is 11.4 Å². The van der Waals surface area contributed by atoms with E-state index < -0.39 is 0 Å². The second-order valence-corrected chi connectivity index (χ2v) is 8.96. The molecule has 1 fully saturated rings. The molecule has 5 heterocycles. The first kappa shape index (κ1) is 20.2. The Morgan fingerprint density at radius 3 is 2.87 bits per heavy atom. The quantitative estimate of drug-likeness (QED) is 0.611. The predicted octanol–water partition coefficient (Wildman–Crippen LogP) is 3.23. The average molecular weight is 423 g/mol. The van der Waals surface area contributed by atoms with Crippen molar-refractivity contribution in [2.45, 2.75) is 38.5 Å². The predicted molar refractivity (Wildman–Crippen MR) is 115 cm³/mol. The molecule has 2 aliphatic heterocycles. The number of piperidine rings is 1. The highest BCUT2D eigenvalue weighted by atomic mass is 19.1. The second-order valence-electron chi connectivity index (χ2n) is 8.96. The van der Waals surface area contributed by atoms with Gasteiger partial charge in [0, 0.05) is 73.8 Å². The Hall–Kier alpha value is -2.77. The lowest BCUT2D eigenvalue weighted by Crippen LogP contribution is -2.47. The van der Waals surface area contributed by atoms with Crippen molar-refractivity contribution < 1.29 is 8.81 Å². The Kier molecular flexibility index (Phi) is 5.46. The maximum absolute atomic E-state index is 14.1. The minimum atomic E-state index is -0.251. The van der Waals surface area contributed by atoms with Crippen LogP contribution >= 0.6 is 0 Å². The van der Waals surface area contributed by atoms with Gasteiger partial charge < -0.3 is 8.98 Å². The van der Waals surface area contributed by atoms with Crippen LogP contribution < -0.4 is 5.56 Å². The average Bonchev–Trinajstić information content (AvgIpc) is 3.25. The first-order valence-electron chi connectivity index (χ1n) is 10.8. The molecule has 0 aromatic carbocycles. The molecule has 3 aromatic rings. The lowest BCUT2D eigenvalue weighted by atomic mass is 9.83. The van der Waals surface area contributed by atoms with Gasteiger partial charge in [-0.15, -0.1) is 0 Å². The molecule has 0 radical (unpaired) electrons. The van der Waals surface area contributed by atoms with Gasteiger partial charge in [0.2, 0.25) is 0 Å². The van der Waals surface area contributed by atoms with Gasteiger partial charge in [0.15, 0.2) is 0 Å². The SMILES string of the molecule is CN(Cc1ccoc1)Cc1ccc2n(c1=O)C[C@H]1C[C@@H]2CN(Cc2ccncc2F)C1. The summed E-state index contributed by atoms with van der Waals surface area (Å²) in [7, 11) is 2.02. The summed E-state index contributed by atoms with van der Waals surface area (Å²) in [5.41, 5.74) is 3.84. The van der Waals surface area contributed by atoms with Crippen molar-refractivity contribution in [1.82, 2.24) is 19.4 Å². The van der Waals surface area contributed by atoms with Crippen LogP contribution in [0, 0.1) is 11.7 Å². The van der Waals surface area contributed by atoms with Crippen LogP contribution in [0.4, 0.5) is 4.39 Å². The van der Waals surface area contributed by atoms with Gasteiger partial charge in [-0.05, 0) is 37.6 Å². The lowest BCUT2D eigenvalue weighted by Gasteiger charge is -2.43. The molecule has 5 rings (SSSR count). The van der Waals surface area contributed by atoms with Gasteiger partial charge in [-0.3, -0.25) is 19.6 Å². The van der Waals surface area contributed by atoms with Gasteiger partial charge in [0.05, 0.1) is 18.7 Å². The van der Waals surface area contributed by atoms with Crippen LogP contribution in [0.3, 0.4) is 0 Å². The Balaban J connectivity index is 1.32. The number of fused-ring (bicyclic) bond motifs is 4. The molecule has 0 unspecified atom stereocenters. The largest absolute Gasteiger partial charge is 0.472 e. The molecule has 1 saturated heterocycles. The summed E-state index contributed by atoms with van der Waals surface area (Å²) in [4.78, 5) is 21.5. The summed E-state index contributed by atoms with van der Waals surface area (Å²) in [5.74, 6) is 0.467. The van der Waals surface area contributed by atoms with Crippen LogP contribution in [0.1, 0.15) is 34.7 Å². The van der Waals surface area contributed by atoms with Crippen LogP contribution in [0.25, 0.3) is 0 Å². The smallest absolute Gasteiger partial charge is 0.255 e.